The fourth-order valence-corrected chi connectivity index (χ4v) is 6.87. The third-order valence-corrected chi connectivity index (χ3v) is 7.29. The van der Waals surface area contributed by atoms with Gasteiger partial charge in [0, 0.05) is 24.4 Å². The molecule has 1 amide bonds. The summed E-state index contributed by atoms with van der Waals surface area (Å²) < 4.78 is 0. The Bertz CT molecular complexity index is 538. The van der Waals surface area contributed by atoms with E-state index in [1.807, 2.05) is 4.90 Å². The Morgan fingerprint density at radius 2 is 1.78 bits per heavy atom. The van der Waals surface area contributed by atoms with E-state index in [-0.39, 0.29) is 18.3 Å². The molecule has 0 spiro atoms. The third kappa shape index (κ3) is 2.20. The number of carbonyl (C=O) groups is 1. The van der Waals surface area contributed by atoms with E-state index >= 15 is 0 Å². The summed E-state index contributed by atoms with van der Waals surface area (Å²) in [7, 11) is 0. The number of carbonyl (C=O) groups excluding carboxylic acids is 1. The van der Waals surface area contributed by atoms with Gasteiger partial charge in [-0.2, -0.15) is 0 Å². The van der Waals surface area contributed by atoms with Crippen LogP contribution in [0.25, 0.3) is 0 Å². The molecular weight excluding hydrogens is 316 g/mol. The van der Waals surface area contributed by atoms with Crippen LogP contribution in [0.3, 0.4) is 0 Å². The lowest BCUT2D eigenvalue weighted by Crippen LogP contribution is -2.69. The average Bonchev–Trinajstić information content (AvgIpc) is 3.04. The first-order valence-corrected chi connectivity index (χ1v) is 8.82. The van der Waals surface area contributed by atoms with Gasteiger partial charge in [0.2, 0.25) is 5.91 Å². The molecule has 6 heteroatoms. The lowest BCUT2D eigenvalue weighted by molar-refractivity contribution is -0.234. The standard InChI is InChI=1S/C17H26N2O3.ClH/c18-13(14(20)19-2-1-11-3-12(11)19)15-4-10-5-16(21,7-15)9-17(22,6-10)8-15;/h10-13,21-22H,1-9,18H2;1H/t10?,11-,12?,13-,15?,16?,17?;/m1./s1. The van der Waals surface area contributed by atoms with Gasteiger partial charge in [0.1, 0.15) is 0 Å². The van der Waals surface area contributed by atoms with Gasteiger partial charge in [-0.05, 0) is 56.8 Å². The van der Waals surface area contributed by atoms with Crippen LogP contribution in [0.15, 0.2) is 0 Å². The van der Waals surface area contributed by atoms with E-state index in [0.29, 0.717) is 37.1 Å². The normalized spacial score (nSPS) is 53.7. The van der Waals surface area contributed by atoms with E-state index in [1.165, 1.54) is 0 Å². The zero-order valence-electron chi connectivity index (χ0n) is 13.4. The molecule has 5 saturated carbocycles. The molecule has 5 atom stereocenters. The number of nitrogens with two attached hydrogens (primary N) is 1. The minimum Gasteiger partial charge on any atom is -0.390 e. The van der Waals surface area contributed by atoms with E-state index in [2.05, 4.69) is 0 Å². The molecule has 23 heavy (non-hydrogen) atoms. The van der Waals surface area contributed by atoms with E-state index in [4.69, 9.17) is 5.73 Å². The molecule has 1 saturated heterocycles. The second-order valence-electron chi connectivity index (χ2n) is 9.18. The summed E-state index contributed by atoms with van der Waals surface area (Å²) in [6, 6.07) is -0.132. The molecule has 5 nitrogen and oxygen atoms in total. The lowest BCUT2D eigenvalue weighted by Gasteiger charge is -2.64. The highest BCUT2D eigenvalue weighted by Crippen LogP contribution is 2.64. The van der Waals surface area contributed by atoms with Crippen LogP contribution in [0.1, 0.15) is 51.4 Å². The lowest BCUT2D eigenvalue weighted by atomic mass is 9.44. The maximum absolute atomic E-state index is 12.9. The Labute approximate surface area is 143 Å². The van der Waals surface area contributed by atoms with Crippen molar-refractivity contribution >= 4 is 18.3 Å². The number of rotatable bonds is 2. The van der Waals surface area contributed by atoms with E-state index < -0.39 is 22.7 Å². The second-order valence-corrected chi connectivity index (χ2v) is 9.18. The van der Waals surface area contributed by atoms with Gasteiger partial charge in [-0.15, -0.1) is 12.4 Å². The SMILES string of the molecule is Cl.N[C@H](C(=O)N1CC[C@@H]2CC21)C12CC3CC(O)(CC(O)(C3)C1)C2. The van der Waals surface area contributed by atoms with Gasteiger partial charge in [-0.25, -0.2) is 0 Å². The molecule has 3 unspecified atom stereocenters. The molecule has 0 aromatic rings. The summed E-state index contributed by atoms with van der Waals surface area (Å²) in [5.74, 6) is 1.09. The molecule has 0 radical (unpaired) electrons. The average molecular weight is 343 g/mol. The van der Waals surface area contributed by atoms with Crippen LogP contribution < -0.4 is 5.73 Å². The monoisotopic (exact) mass is 342 g/mol. The zero-order chi connectivity index (χ0) is 15.3. The Kier molecular flexibility index (Phi) is 3.24. The van der Waals surface area contributed by atoms with Gasteiger partial charge < -0.3 is 20.8 Å². The Balaban J connectivity index is 0.00000135. The second kappa shape index (κ2) is 4.63. The van der Waals surface area contributed by atoms with Crippen LogP contribution in [0.5, 0.6) is 0 Å². The van der Waals surface area contributed by atoms with Crippen molar-refractivity contribution in [3.63, 3.8) is 0 Å². The first kappa shape index (κ1) is 16.1. The number of hydrogen-bond acceptors (Lipinski definition) is 4. The largest absolute Gasteiger partial charge is 0.390 e. The van der Waals surface area contributed by atoms with Crippen LogP contribution >= 0.6 is 12.4 Å². The summed E-state index contributed by atoms with van der Waals surface area (Å²) in [4.78, 5) is 14.9. The molecule has 6 rings (SSSR count). The van der Waals surface area contributed by atoms with Gasteiger partial charge >= 0.3 is 0 Å². The maximum atomic E-state index is 12.9. The van der Waals surface area contributed by atoms with Crippen molar-refractivity contribution in [2.45, 2.75) is 74.7 Å². The van der Waals surface area contributed by atoms with Crippen molar-refractivity contribution in [1.82, 2.24) is 4.90 Å². The third-order valence-electron chi connectivity index (χ3n) is 7.29. The Morgan fingerprint density at radius 1 is 1.13 bits per heavy atom. The van der Waals surface area contributed by atoms with Crippen molar-refractivity contribution in [1.29, 1.82) is 0 Å². The topological polar surface area (TPSA) is 86.8 Å². The van der Waals surface area contributed by atoms with Gasteiger partial charge in [0.25, 0.3) is 0 Å². The summed E-state index contributed by atoms with van der Waals surface area (Å²) in [6.45, 7) is 0.843. The molecule has 1 aliphatic heterocycles. The fourth-order valence-electron chi connectivity index (χ4n) is 6.87. The number of hydrogen-bond donors (Lipinski definition) is 3. The number of halogens is 1. The van der Waals surface area contributed by atoms with Crippen molar-refractivity contribution in [3.8, 4) is 0 Å². The van der Waals surface area contributed by atoms with Crippen LogP contribution in [0.4, 0.5) is 0 Å². The minimum atomic E-state index is -0.806. The molecule has 130 valence electrons. The quantitative estimate of drug-likeness (QED) is 0.693. The molecule has 5 aliphatic carbocycles. The molecule has 6 fully saturated rings. The zero-order valence-corrected chi connectivity index (χ0v) is 14.2. The summed E-state index contributed by atoms with van der Waals surface area (Å²) in [5.41, 5.74) is 4.47. The number of aliphatic hydroxyl groups is 2. The number of fused-ring (bicyclic) bond motifs is 1. The van der Waals surface area contributed by atoms with E-state index in [1.54, 1.807) is 0 Å². The van der Waals surface area contributed by atoms with Gasteiger partial charge in [-0.1, -0.05) is 0 Å². The number of amides is 1. The minimum absolute atomic E-state index is 0. The van der Waals surface area contributed by atoms with Gasteiger partial charge in [0.15, 0.2) is 0 Å². The smallest absolute Gasteiger partial charge is 0.240 e. The van der Waals surface area contributed by atoms with Crippen LogP contribution in [-0.4, -0.2) is 50.9 Å². The van der Waals surface area contributed by atoms with Crippen molar-refractivity contribution < 1.29 is 15.0 Å². The van der Waals surface area contributed by atoms with Gasteiger partial charge in [-0.3, -0.25) is 4.79 Å². The van der Waals surface area contributed by atoms with Crippen molar-refractivity contribution in [3.05, 3.63) is 0 Å². The van der Waals surface area contributed by atoms with Crippen molar-refractivity contribution in [2.24, 2.45) is 23.0 Å². The molecule has 4 N–H and O–H groups in total. The highest BCUT2D eigenvalue weighted by atomic mass is 35.5. The van der Waals surface area contributed by atoms with Crippen LogP contribution in [-0.2, 0) is 4.79 Å². The Hall–Kier alpha value is -0.360. The number of nitrogens with zero attached hydrogens (tertiary/aromatic N) is 1. The summed E-state index contributed by atoms with van der Waals surface area (Å²) in [5, 5.41) is 21.7. The first-order valence-electron chi connectivity index (χ1n) is 8.82. The number of piperidine rings is 1. The summed E-state index contributed by atoms with van der Waals surface area (Å²) in [6.07, 6.45) is 6.34. The predicted octanol–water partition coefficient (Wildman–Crippen LogP) is 0.802. The molecule has 6 aliphatic rings. The van der Waals surface area contributed by atoms with E-state index in [9.17, 15) is 15.0 Å². The van der Waals surface area contributed by atoms with Crippen LogP contribution in [0.2, 0.25) is 0 Å². The van der Waals surface area contributed by atoms with Crippen LogP contribution in [0, 0.1) is 17.3 Å². The summed E-state index contributed by atoms with van der Waals surface area (Å²) >= 11 is 0. The molecule has 0 aromatic heterocycles. The van der Waals surface area contributed by atoms with Gasteiger partial charge in [0.05, 0.1) is 17.2 Å². The maximum Gasteiger partial charge on any atom is 0.240 e. The highest BCUT2D eigenvalue weighted by Gasteiger charge is 2.65. The Morgan fingerprint density at radius 3 is 2.26 bits per heavy atom. The fraction of sp³-hybridized carbons (Fsp3) is 0.941. The molecule has 1 heterocycles. The predicted molar refractivity (Wildman–Crippen MR) is 87.0 cm³/mol. The van der Waals surface area contributed by atoms with Crippen molar-refractivity contribution in [2.75, 3.05) is 6.54 Å². The first-order chi connectivity index (χ1) is 10.3. The number of likely N-dealkylation sites (tertiary alicyclic amines) is 1. The highest BCUT2D eigenvalue weighted by molar-refractivity contribution is 5.85. The molecule has 4 bridgehead atoms. The molecular formula is C17H27ClN2O3. The molecule has 0 aromatic carbocycles. The van der Waals surface area contributed by atoms with E-state index in [0.717, 1.165) is 38.6 Å².